The molecule has 5 nitrogen and oxygen atoms in total. The summed E-state index contributed by atoms with van der Waals surface area (Å²) >= 11 is 1.40. The lowest BCUT2D eigenvalue weighted by Gasteiger charge is -2.21. The predicted octanol–water partition coefficient (Wildman–Crippen LogP) is 3.17. The molecule has 6 heteroatoms. The fourth-order valence-corrected chi connectivity index (χ4v) is 2.90. The van der Waals surface area contributed by atoms with E-state index in [4.69, 9.17) is 0 Å². The Morgan fingerprint density at radius 2 is 2.14 bits per heavy atom. The molecule has 0 saturated heterocycles. The van der Waals surface area contributed by atoms with E-state index in [9.17, 15) is 4.79 Å². The summed E-state index contributed by atoms with van der Waals surface area (Å²) in [5.41, 5.74) is 0.873. The molecule has 0 aliphatic carbocycles. The minimum Gasteiger partial charge on any atom is -0.308 e. The van der Waals surface area contributed by atoms with Gasteiger partial charge in [-0.15, -0.1) is 16.8 Å². The zero-order valence-corrected chi connectivity index (χ0v) is 13.7. The Labute approximate surface area is 135 Å². The average Bonchev–Trinajstić information content (AvgIpc) is 3.00. The van der Waals surface area contributed by atoms with E-state index in [0.29, 0.717) is 12.3 Å². The average molecular weight is 316 g/mol. The van der Waals surface area contributed by atoms with Gasteiger partial charge in [0.1, 0.15) is 6.33 Å². The molecule has 0 unspecified atom stereocenters. The largest absolute Gasteiger partial charge is 0.308 e. The van der Waals surface area contributed by atoms with Crippen LogP contribution < -0.4 is 4.90 Å². The number of carbonyl (C=O) groups is 1. The summed E-state index contributed by atoms with van der Waals surface area (Å²) in [6.45, 7) is 8.33. The maximum Gasteiger partial charge on any atom is 0.237 e. The van der Waals surface area contributed by atoms with Gasteiger partial charge >= 0.3 is 0 Å². The van der Waals surface area contributed by atoms with Crippen molar-refractivity contribution in [1.29, 1.82) is 0 Å². The number of aromatic nitrogens is 3. The lowest BCUT2D eigenvalue weighted by atomic mass is 10.3. The van der Waals surface area contributed by atoms with Crippen molar-refractivity contribution in [3.8, 4) is 0 Å². The number of rotatable bonds is 7. The van der Waals surface area contributed by atoms with Crippen LogP contribution in [0.2, 0.25) is 0 Å². The number of thioether (sulfide) groups is 1. The van der Waals surface area contributed by atoms with Crippen molar-refractivity contribution in [2.24, 2.45) is 0 Å². The van der Waals surface area contributed by atoms with Crippen LogP contribution in [0.15, 0.2) is 54.5 Å². The van der Waals surface area contributed by atoms with Crippen molar-refractivity contribution in [1.82, 2.24) is 14.8 Å². The van der Waals surface area contributed by atoms with Crippen LogP contribution in [0.1, 0.15) is 19.9 Å². The van der Waals surface area contributed by atoms with E-state index in [1.54, 1.807) is 17.3 Å². The van der Waals surface area contributed by atoms with Gasteiger partial charge in [0, 0.05) is 18.3 Å². The van der Waals surface area contributed by atoms with Crippen molar-refractivity contribution < 1.29 is 4.79 Å². The van der Waals surface area contributed by atoms with E-state index in [0.717, 1.165) is 10.8 Å². The molecule has 0 aliphatic rings. The molecule has 22 heavy (non-hydrogen) atoms. The number of hydrogen-bond donors (Lipinski definition) is 0. The predicted molar refractivity (Wildman–Crippen MR) is 90.1 cm³/mol. The molecule has 0 atom stereocenters. The Bertz CT molecular complexity index is 624. The third-order valence-electron chi connectivity index (χ3n) is 3.10. The standard InChI is InChI=1S/C16H20N4OS/c1-4-10-19(14-8-6-5-7-9-14)15(21)11-22-16-18-17-12-20(16)13(2)3/h4-9,12-13H,1,10-11H2,2-3H3. The molecule has 1 aromatic heterocycles. The van der Waals surface area contributed by atoms with Gasteiger partial charge in [0.05, 0.1) is 5.75 Å². The van der Waals surface area contributed by atoms with Crippen molar-refractivity contribution in [2.45, 2.75) is 25.0 Å². The summed E-state index contributed by atoms with van der Waals surface area (Å²) in [5.74, 6) is 0.336. The molecule has 1 heterocycles. The topological polar surface area (TPSA) is 51.0 Å². The Balaban J connectivity index is 2.06. The quantitative estimate of drug-likeness (QED) is 0.581. The molecule has 0 spiro atoms. The van der Waals surface area contributed by atoms with Gasteiger partial charge in [0.2, 0.25) is 5.91 Å². The number of anilines is 1. The van der Waals surface area contributed by atoms with E-state index in [1.165, 1.54) is 11.8 Å². The third-order valence-corrected chi connectivity index (χ3v) is 4.04. The smallest absolute Gasteiger partial charge is 0.237 e. The van der Waals surface area contributed by atoms with Gasteiger partial charge < -0.3 is 9.47 Å². The van der Waals surface area contributed by atoms with Crippen LogP contribution in [-0.4, -0.2) is 33.0 Å². The Morgan fingerprint density at radius 3 is 2.77 bits per heavy atom. The first kappa shape index (κ1) is 16.3. The van der Waals surface area contributed by atoms with Crippen LogP contribution in [0.25, 0.3) is 0 Å². The van der Waals surface area contributed by atoms with Crippen LogP contribution in [0.3, 0.4) is 0 Å². The number of nitrogens with zero attached hydrogens (tertiary/aromatic N) is 4. The number of amides is 1. The van der Waals surface area contributed by atoms with Gasteiger partial charge in [-0.3, -0.25) is 4.79 Å². The molecule has 0 fully saturated rings. The molecular weight excluding hydrogens is 296 g/mol. The first-order valence-electron chi connectivity index (χ1n) is 7.12. The maximum atomic E-state index is 12.5. The van der Waals surface area contributed by atoms with Crippen LogP contribution >= 0.6 is 11.8 Å². The second-order valence-electron chi connectivity index (χ2n) is 5.03. The van der Waals surface area contributed by atoms with E-state index in [1.807, 2.05) is 34.9 Å². The summed E-state index contributed by atoms with van der Waals surface area (Å²) in [6.07, 6.45) is 3.42. The van der Waals surface area contributed by atoms with Gasteiger partial charge in [-0.05, 0) is 26.0 Å². The molecule has 1 aromatic carbocycles. The molecule has 2 aromatic rings. The zero-order valence-electron chi connectivity index (χ0n) is 12.8. The molecule has 0 bridgehead atoms. The summed E-state index contributed by atoms with van der Waals surface area (Å²) in [6, 6.07) is 9.87. The number of carbonyl (C=O) groups excluding carboxylic acids is 1. The molecule has 0 saturated carbocycles. The fourth-order valence-electron chi connectivity index (χ4n) is 1.98. The highest BCUT2D eigenvalue weighted by atomic mass is 32.2. The van der Waals surface area contributed by atoms with Crippen molar-refractivity contribution in [3.63, 3.8) is 0 Å². The molecule has 0 N–H and O–H groups in total. The molecule has 0 aliphatic heterocycles. The van der Waals surface area contributed by atoms with Crippen LogP contribution in [0.5, 0.6) is 0 Å². The van der Waals surface area contributed by atoms with Gasteiger partial charge in [0.15, 0.2) is 5.16 Å². The SMILES string of the molecule is C=CCN(C(=O)CSc1nncn1C(C)C)c1ccccc1. The lowest BCUT2D eigenvalue weighted by Crippen LogP contribution is -2.32. The van der Waals surface area contributed by atoms with E-state index in [-0.39, 0.29) is 11.9 Å². The summed E-state index contributed by atoms with van der Waals surface area (Å²) in [5, 5.41) is 8.74. The van der Waals surface area contributed by atoms with Crippen LogP contribution in [-0.2, 0) is 4.79 Å². The first-order valence-corrected chi connectivity index (χ1v) is 8.10. The summed E-state index contributed by atoms with van der Waals surface area (Å²) < 4.78 is 1.96. The van der Waals surface area contributed by atoms with Crippen LogP contribution in [0.4, 0.5) is 5.69 Å². The van der Waals surface area contributed by atoms with E-state index in [2.05, 4.69) is 30.6 Å². The second-order valence-corrected chi connectivity index (χ2v) is 5.97. The Hall–Kier alpha value is -2.08. The lowest BCUT2D eigenvalue weighted by molar-refractivity contribution is -0.116. The highest BCUT2D eigenvalue weighted by Gasteiger charge is 2.16. The van der Waals surface area contributed by atoms with Gasteiger partial charge in [-0.1, -0.05) is 36.0 Å². The van der Waals surface area contributed by atoms with Crippen LogP contribution in [0, 0.1) is 0 Å². The van der Waals surface area contributed by atoms with Crippen molar-refractivity contribution in [3.05, 3.63) is 49.3 Å². The van der Waals surface area contributed by atoms with Gasteiger partial charge in [-0.25, -0.2) is 0 Å². The number of benzene rings is 1. The highest BCUT2D eigenvalue weighted by Crippen LogP contribution is 2.21. The minimum absolute atomic E-state index is 0.0226. The number of para-hydroxylation sites is 1. The summed E-state index contributed by atoms with van der Waals surface area (Å²) in [4.78, 5) is 14.2. The fraction of sp³-hybridized carbons (Fsp3) is 0.312. The zero-order chi connectivity index (χ0) is 15.9. The molecule has 1 amide bonds. The van der Waals surface area contributed by atoms with E-state index >= 15 is 0 Å². The van der Waals surface area contributed by atoms with Crippen molar-refractivity contribution >= 4 is 23.4 Å². The minimum atomic E-state index is 0.0226. The monoisotopic (exact) mass is 316 g/mol. The Morgan fingerprint density at radius 1 is 1.41 bits per heavy atom. The Kier molecular flexibility index (Phi) is 5.77. The molecule has 116 valence electrons. The van der Waals surface area contributed by atoms with Gasteiger partial charge in [0.25, 0.3) is 0 Å². The van der Waals surface area contributed by atoms with Gasteiger partial charge in [-0.2, -0.15) is 0 Å². The molecule has 2 rings (SSSR count). The highest BCUT2D eigenvalue weighted by molar-refractivity contribution is 7.99. The second kappa shape index (κ2) is 7.79. The number of hydrogen-bond acceptors (Lipinski definition) is 4. The molecular formula is C16H20N4OS. The third kappa shape index (κ3) is 3.98. The van der Waals surface area contributed by atoms with Crippen molar-refractivity contribution in [2.75, 3.05) is 17.2 Å². The first-order chi connectivity index (χ1) is 10.6. The molecule has 0 radical (unpaired) electrons. The van der Waals surface area contributed by atoms with E-state index < -0.39 is 0 Å². The normalized spacial score (nSPS) is 10.7. The summed E-state index contributed by atoms with van der Waals surface area (Å²) in [7, 11) is 0. The maximum absolute atomic E-state index is 12.5.